The number of rotatable bonds is 5. The van der Waals surface area contributed by atoms with Gasteiger partial charge in [0.15, 0.2) is 0 Å². The SMILES string of the molecule is [B]c1cccc(CNC(=O)Cc2c(C)nn(-c3ccccc3)c2C)c1. The number of nitrogens with zero attached hydrogens (tertiary/aromatic N) is 2. The van der Waals surface area contributed by atoms with E-state index in [1.54, 1.807) is 0 Å². The van der Waals surface area contributed by atoms with Gasteiger partial charge in [0.25, 0.3) is 0 Å². The number of nitrogens with one attached hydrogen (secondary N) is 1. The van der Waals surface area contributed by atoms with Gasteiger partial charge in [-0.3, -0.25) is 4.79 Å². The number of para-hydroxylation sites is 1. The Bertz CT molecular complexity index is 887. The molecule has 0 saturated carbocycles. The molecule has 3 aromatic rings. The van der Waals surface area contributed by atoms with Crippen molar-refractivity contribution in [3.63, 3.8) is 0 Å². The summed E-state index contributed by atoms with van der Waals surface area (Å²) >= 11 is 0. The number of aryl methyl sites for hydroxylation is 1. The van der Waals surface area contributed by atoms with Gasteiger partial charge in [-0.15, -0.1) is 0 Å². The second-order valence-electron chi connectivity index (χ2n) is 6.10. The van der Waals surface area contributed by atoms with Crippen molar-refractivity contribution in [2.24, 2.45) is 0 Å². The minimum atomic E-state index is -0.0266. The molecule has 0 aliphatic rings. The van der Waals surface area contributed by atoms with Gasteiger partial charge in [0, 0.05) is 17.8 Å². The third-order valence-corrected chi connectivity index (χ3v) is 4.22. The van der Waals surface area contributed by atoms with Crippen LogP contribution in [0.1, 0.15) is 22.5 Å². The van der Waals surface area contributed by atoms with Crippen LogP contribution in [0, 0.1) is 13.8 Å². The molecule has 0 spiro atoms. The molecule has 25 heavy (non-hydrogen) atoms. The van der Waals surface area contributed by atoms with Gasteiger partial charge < -0.3 is 5.32 Å². The van der Waals surface area contributed by atoms with E-state index in [-0.39, 0.29) is 5.91 Å². The summed E-state index contributed by atoms with van der Waals surface area (Å²) in [6, 6.07) is 17.5. The Labute approximate surface area is 149 Å². The van der Waals surface area contributed by atoms with Crippen molar-refractivity contribution in [2.75, 3.05) is 0 Å². The maximum Gasteiger partial charge on any atom is 0.224 e. The number of aromatic nitrogens is 2. The molecule has 3 rings (SSSR count). The number of hydrogen-bond acceptors (Lipinski definition) is 2. The lowest BCUT2D eigenvalue weighted by molar-refractivity contribution is -0.120. The summed E-state index contributed by atoms with van der Waals surface area (Å²) < 4.78 is 1.88. The van der Waals surface area contributed by atoms with Crippen molar-refractivity contribution in [2.45, 2.75) is 26.8 Å². The highest BCUT2D eigenvalue weighted by molar-refractivity contribution is 6.32. The average molecular weight is 329 g/mol. The molecule has 0 unspecified atom stereocenters. The standard InChI is InChI=1S/C20H20BN3O/c1-14-19(15(2)24(23-14)18-9-4-3-5-10-18)12-20(25)22-13-16-7-6-8-17(21)11-16/h3-11H,12-13H2,1-2H3,(H,22,25). The first-order valence-electron chi connectivity index (χ1n) is 8.26. The van der Waals surface area contributed by atoms with Crippen molar-refractivity contribution in [3.8, 4) is 5.69 Å². The van der Waals surface area contributed by atoms with Crippen LogP contribution in [-0.2, 0) is 17.8 Å². The van der Waals surface area contributed by atoms with Gasteiger partial charge in [0.1, 0.15) is 7.85 Å². The quantitative estimate of drug-likeness (QED) is 0.729. The molecule has 0 bridgehead atoms. The lowest BCUT2D eigenvalue weighted by Gasteiger charge is -2.07. The normalized spacial score (nSPS) is 10.6. The van der Waals surface area contributed by atoms with Gasteiger partial charge >= 0.3 is 0 Å². The van der Waals surface area contributed by atoms with Gasteiger partial charge in [-0.25, -0.2) is 4.68 Å². The minimum Gasteiger partial charge on any atom is -0.352 e. The Hall–Kier alpha value is -2.82. The summed E-state index contributed by atoms with van der Waals surface area (Å²) in [4.78, 5) is 12.3. The molecule has 0 aliphatic carbocycles. The second kappa shape index (κ2) is 7.39. The second-order valence-corrected chi connectivity index (χ2v) is 6.10. The summed E-state index contributed by atoms with van der Waals surface area (Å²) in [5, 5.41) is 7.53. The Morgan fingerprint density at radius 3 is 2.60 bits per heavy atom. The van der Waals surface area contributed by atoms with E-state index in [0.717, 1.165) is 28.2 Å². The van der Waals surface area contributed by atoms with Gasteiger partial charge in [0.05, 0.1) is 17.8 Å². The van der Waals surface area contributed by atoms with E-state index in [1.165, 1.54) is 0 Å². The molecule has 4 nitrogen and oxygen atoms in total. The smallest absolute Gasteiger partial charge is 0.224 e. The van der Waals surface area contributed by atoms with Gasteiger partial charge in [-0.2, -0.15) is 5.10 Å². The highest BCUT2D eigenvalue weighted by Crippen LogP contribution is 2.18. The Morgan fingerprint density at radius 2 is 1.88 bits per heavy atom. The first-order chi connectivity index (χ1) is 12.0. The number of carbonyl (C=O) groups is 1. The zero-order valence-corrected chi connectivity index (χ0v) is 14.5. The average Bonchev–Trinajstić information content (AvgIpc) is 2.89. The third-order valence-electron chi connectivity index (χ3n) is 4.22. The van der Waals surface area contributed by atoms with Crippen LogP contribution in [-0.4, -0.2) is 23.5 Å². The fraction of sp³-hybridized carbons (Fsp3) is 0.200. The van der Waals surface area contributed by atoms with Crippen LogP contribution in [0.15, 0.2) is 54.6 Å². The molecule has 0 atom stereocenters. The molecular weight excluding hydrogens is 309 g/mol. The molecule has 1 amide bonds. The summed E-state index contributed by atoms with van der Waals surface area (Å²) in [7, 11) is 5.76. The number of hydrogen-bond donors (Lipinski definition) is 1. The molecule has 2 radical (unpaired) electrons. The lowest BCUT2D eigenvalue weighted by atomic mass is 9.94. The zero-order chi connectivity index (χ0) is 17.8. The molecule has 1 aromatic heterocycles. The van der Waals surface area contributed by atoms with Crippen LogP contribution in [0.25, 0.3) is 5.69 Å². The molecule has 2 aromatic carbocycles. The fourth-order valence-corrected chi connectivity index (χ4v) is 2.88. The van der Waals surface area contributed by atoms with Gasteiger partial charge in [0.2, 0.25) is 5.91 Å². The molecular formula is C20H20BN3O. The van der Waals surface area contributed by atoms with Crippen molar-refractivity contribution in [1.82, 2.24) is 15.1 Å². The summed E-state index contributed by atoms with van der Waals surface area (Å²) in [5.74, 6) is -0.0266. The van der Waals surface area contributed by atoms with E-state index in [9.17, 15) is 4.79 Å². The predicted octanol–water partition coefficient (Wildman–Crippen LogP) is 2.14. The van der Waals surface area contributed by atoms with Gasteiger partial charge in [-0.1, -0.05) is 47.9 Å². The molecule has 0 fully saturated rings. The predicted molar refractivity (Wildman–Crippen MR) is 100 cm³/mol. The Balaban J connectivity index is 1.70. The summed E-state index contributed by atoms with van der Waals surface area (Å²) in [6.45, 7) is 4.40. The van der Waals surface area contributed by atoms with E-state index in [1.807, 2.05) is 73.1 Å². The van der Waals surface area contributed by atoms with Crippen LogP contribution >= 0.6 is 0 Å². The van der Waals surface area contributed by atoms with E-state index < -0.39 is 0 Å². The highest BCUT2D eigenvalue weighted by Gasteiger charge is 2.15. The molecule has 1 N–H and O–H groups in total. The number of amides is 1. The minimum absolute atomic E-state index is 0.0266. The van der Waals surface area contributed by atoms with Crippen LogP contribution in [0.4, 0.5) is 0 Å². The molecule has 0 saturated heterocycles. The monoisotopic (exact) mass is 329 g/mol. The van der Waals surface area contributed by atoms with Crippen molar-refractivity contribution in [3.05, 3.63) is 77.1 Å². The zero-order valence-electron chi connectivity index (χ0n) is 14.5. The topological polar surface area (TPSA) is 46.9 Å². The maximum absolute atomic E-state index is 12.3. The first-order valence-corrected chi connectivity index (χ1v) is 8.26. The molecule has 124 valence electrons. The van der Waals surface area contributed by atoms with E-state index in [4.69, 9.17) is 7.85 Å². The molecule has 5 heteroatoms. The van der Waals surface area contributed by atoms with E-state index in [2.05, 4.69) is 10.4 Å². The van der Waals surface area contributed by atoms with Crippen molar-refractivity contribution < 1.29 is 4.79 Å². The third kappa shape index (κ3) is 3.99. The van der Waals surface area contributed by atoms with Gasteiger partial charge in [-0.05, 0) is 31.5 Å². The van der Waals surface area contributed by atoms with Crippen LogP contribution < -0.4 is 10.8 Å². The summed E-state index contributed by atoms with van der Waals surface area (Å²) in [6.07, 6.45) is 0.312. The molecule has 1 heterocycles. The van der Waals surface area contributed by atoms with Crippen LogP contribution in [0.2, 0.25) is 0 Å². The number of carbonyl (C=O) groups excluding carboxylic acids is 1. The van der Waals surface area contributed by atoms with E-state index in [0.29, 0.717) is 18.4 Å². The van der Waals surface area contributed by atoms with Crippen LogP contribution in [0.5, 0.6) is 0 Å². The van der Waals surface area contributed by atoms with E-state index >= 15 is 0 Å². The molecule has 0 aliphatic heterocycles. The van der Waals surface area contributed by atoms with Crippen molar-refractivity contribution in [1.29, 1.82) is 0 Å². The van der Waals surface area contributed by atoms with Crippen LogP contribution in [0.3, 0.4) is 0 Å². The Kier molecular flexibility index (Phi) is 5.03. The van der Waals surface area contributed by atoms with Crippen molar-refractivity contribution >= 4 is 19.2 Å². The first kappa shape index (κ1) is 17.0. The lowest BCUT2D eigenvalue weighted by Crippen LogP contribution is -2.25. The fourth-order valence-electron chi connectivity index (χ4n) is 2.88. The number of benzene rings is 2. The maximum atomic E-state index is 12.3. The largest absolute Gasteiger partial charge is 0.352 e. The highest BCUT2D eigenvalue weighted by atomic mass is 16.1. The Morgan fingerprint density at radius 1 is 1.12 bits per heavy atom. The summed E-state index contributed by atoms with van der Waals surface area (Å²) in [5.41, 5.74) is 5.51.